The molecule has 3 nitrogen and oxygen atoms in total. The largest absolute Gasteiger partial charge is 0.277 e. The number of carbonyl (C=O) groups excluding carboxylic acids is 2. The van der Waals surface area contributed by atoms with E-state index in [1.54, 1.807) is 11.3 Å². The molecule has 20 heavy (non-hydrogen) atoms. The van der Waals surface area contributed by atoms with Gasteiger partial charge in [0.1, 0.15) is 0 Å². The Labute approximate surface area is 131 Å². The van der Waals surface area contributed by atoms with Crippen molar-refractivity contribution in [3.8, 4) is 0 Å². The van der Waals surface area contributed by atoms with E-state index in [4.69, 9.17) is 0 Å². The highest BCUT2D eigenvalue weighted by Gasteiger charge is 2.50. The first-order chi connectivity index (χ1) is 9.61. The highest BCUT2D eigenvalue weighted by atomic mass is 79.9. The lowest BCUT2D eigenvalue weighted by molar-refractivity contribution is -0.142. The van der Waals surface area contributed by atoms with Gasteiger partial charge in [0.25, 0.3) is 0 Å². The number of amides is 2. The van der Waals surface area contributed by atoms with Crippen molar-refractivity contribution in [3.05, 3.63) is 20.8 Å². The fraction of sp³-hybridized carbons (Fsp3) is 0.600. The molecule has 1 spiro atoms. The van der Waals surface area contributed by atoms with Crippen molar-refractivity contribution in [2.24, 2.45) is 5.41 Å². The molecule has 1 aliphatic carbocycles. The van der Waals surface area contributed by atoms with Crippen molar-refractivity contribution < 1.29 is 9.59 Å². The van der Waals surface area contributed by atoms with Gasteiger partial charge in [0.2, 0.25) is 11.8 Å². The topological polar surface area (TPSA) is 37.4 Å². The quantitative estimate of drug-likeness (QED) is 0.748. The van der Waals surface area contributed by atoms with Crippen molar-refractivity contribution in [3.63, 3.8) is 0 Å². The van der Waals surface area contributed by atoms with Crippen LogP contribution in [0.5, 0.6) is 0 Å². The standard InChI is InChI=1S/C15H18BrNO2S/c16-12-6-5-11(20-12)10-17-13(18)9-15(14(17)19)7-3-1-2-4-8-15/h5-6H,1-4,7-10H2. The second-order valence-corrected chi connectivity index (χ2v) is 8.41. The van der Waals surface area contributed by atoms with Crippen LogP contribution in [0.15, 0.2) is 15.9 Å². The molecular weight excluding hydrogens is 338 g/mol. The predicted octanol–water partition coefficient (Wildman–Crippen LogP) is 4.11. The second kappa shape index (κ2) is 5.60. The van der Waals surface area contributed by atoms with Crippen molar-refractivity contribution >= 4 is 39.1 Å². The molecule has 2 amide bonds. The van der Waals surface area contributed by atoms with Gasteiger partial charge in [0.05, 0.1) is 15.7 Å². The molecule has 0 bridgehead atoms. The first kappa shape index (κ1) is 14.3. The number of nitrogens with zero attached hydrogens (tertiary/aromatic N) is 1. The van der Waals surface area contributed by atoms with Crippen LogP contribution in [0.4, 0.5) is 0 Å². The van der Waals surface area contributed by atoms with E-state index in [9.17, 15) is 9.59 Å². The molecule has 2 fully saturated rings. The molecule has 108 valence electrons. The van der Waals surface area contributed by atoms with Crippen LogP contribution in [0.25, 0.3) is 0 Å². The summed E-state index contributed by atoms with van der Waals surface area (Å²) in [6.45, 7) is 0.440. The van der Waals surface area contributed by atoms with Gasteiger partial charge in [0.15, 0.2) is 0 Å². The summed E-state index contributed by atoms with van der Waals surface area (Å²) in [6, 6.07) is 3.94. The third kappa shape index (κ3) is 2.58. The van der Waals surface area contributed by atoms with Crippen molar-refractivity contribution in [1.29, 1.82) is 0 Å². The Hall–Kier alpha value is -0.680. The van der Waals surface area contributed by atoms with E-state index in [2.05, 4.69) is 15.9 Å². The van der Waals surface area contributed by atoms with E-state index in [1.165, 1.54) is 17.7 Å². The Kier molecular flexibility index (Phi) is 4.00. The van der Waals surface area contributed by atoms with Gasteiger partial charge in [-0.05, 0) is 40.9 Å². The zero-order valence-electron chi connectivity index (χ0n) is 11.4. The number of thiophene rings is 1. The smallest absolute Gasteiger partial charge is 0.236 e. The predicted molar refractivity (Wildman–Crippen MR) is 82.3 cm³/mol. The zero-order valence-corrected chi connectivity index (χ0v) is 13.8. The minimum atomic E-state index is -0.373. The Morgan fingerprint density at radius 1 is 1.15 bits per heavy atom. The molecule has 1 saturated heterocycles. The van der Waals surface area contributed by atoms with Gasteiger partial charge in [-0.25, -0.2) is 0 Å². The van der Waals surface area contributed by atoms with Crippen LogP contribution in [0, 0.1) is 5.41 Å². The summed E-state index contributed by atoms with van der Waals surface area (Å²) in [7, 11) is 0. The molecule has 0 aromatic carbocycles. The molecule has 1 saturated carbocycles. The zero-order chi connectivity index (χ0) is 14.2. The fourth-order valence-corrected chi connectivity index (χ4v) is 4.88. The molecule has 5 heteroatoms. The summed E-state index contributed by atoms with van der Waals surface area (Å²) in [5.41, 5.74) is -0.373. The highest BCUT2D eigenvalue weighted by molar-refractivity contribution is 9.11. The lowest BCUT2D eigenvalue weighted by Crippen LogP contribution is -2.34. The van der Waals surface area contributed by atoms with E-state index in [0.717, 1.165) is 34.3 Å². The van der Waals surface area contributed by atoms with E-state index in [0.29, 0.717) is 13.0 Å². The van der Waals surface area contributed by atoms with Gasteiger partial charge < -0.3 is 0 Å². The number of hydrogen-bond acceptors (Lipinski definition) is 3. The summed E-state index contributed by atoms with van der Waals surface area (Å²) in [5.74, 6) is 0.0929. The summed E-state index contributed by atoms with van der Waals surface area (Å²) in [5, 5.41) is 0. The summed E-state index contributed by atoms with van der Waals surface area (Å²) >= 11 is 5.01. The molecule has 0 unspecified atom stereocenters. The number of hydrogen-bond donors (Lipinski definition) is 0. The Balaban J connectivity index is 1.79. The van der Waals surface area contributed by atoms with Crippen LogP contribution < -0.4 is 0 Å². The van der Waals surface area contributed by atoms with Crippen LogP contribution in [-0.4, -0.2) is 16.7 Å². The number of likely N-dealkylation sites (tertiary alicyclic amines) is 1. The lowest BCUT2D eigenvalue weighted by Gasteiger charge is -2.24. The molecule has 0 atom stereocenters. The van der Waals surface area contributed by atoms with Crippen molar-refractivity contribution in [2.45, 2.75) is 51.5 Å². The van der Waals surface area contributed by atoms with E-state index in [1.807, 2.05) is 12.1 Å². The average Bonchev–Trinajstić information content (AvgIpc) is 2.80. The third-order valence-electron chi connectivity index (χ3n) is 4.49. The first-order valence-corrected chi connectivity index (χ1v) is 8.81. The van der Waals surface area contributed by atoms with Crippen LogP contribution in [0.2, 0.25) is 0 Å². The van der Waals surface area contributed by atoms with Crippen LogP contribution in [-0.2, 0) is 16.1 Å². The minimum absolute atomic E-state index is 0.0152. The number of carbonyl (C=O) groups is 2. The van der Waals surface area contributed by atoms with Gasteiger partial charge >= 0.3 is 0 Å². The summed E-state index contributed by atoms with van der Waals surface area (Å²) in [4.78, 5) is 27.6. The molecule has 1 aromatic heterocycles. The molecule has 0 radical (unpaired) electrons. The Morgan fingerprint density at radius 2 is 1.85 bits per heavy atom. The van der Waals surface area contributed by atoms with Crippen LogP contribution >= 0.6 is 27.3 Å². The van der Waals surface area contributed by atoms with Gasteiger partial charge in [-0.2, -0.15) is 0 Å². The van der Waals surface area contributed by atoms with Gasteiger partial charge in [-0.1, -0.05) is 25.7 Å². The van der Waals surface area contributed by atoms with Gasteiger partial charge in [-0.3, -0.25) is 14.5 Å². The van der Waals surface area contributed by atoms with Gasteiger partial charge in [0, 0.05) is 11.3 Å². The molecule has 1 aromatic rings. The maximum atomic E-state index is 12.8. The highest BCUT2D eigenvalue weighted by Crippen LogP contribution is 2.44. The number of imide groups is 1. The second-order valence-electron chi connectivity index (χ2n) is 5.86. The minimum Gasteiger partial charge on any atom is -0.277 e. The normalized spacial score (nSPS) is 22.6. The van der Waals surface area contributed by atoms with Crippen LogP contribution in [0.1, 0.15) is 49.8 Å². The molecule has 3 rings (SSSR count). The SMILES string of the molecule is O=C1CC2(CCCCCC2)C(=O)N1Cc1ccc(Br)s1. The van der Waals surface area contributed by atoms with E-state index >= 15 is 0 Å². The maximum Gasteiger partial charge on any atom is 0.236 e. The monoisotopic (exact) mass is 355 g/mol. The summed E-state index contributed by atoms with van der Waals surface area (Å²) < 4.78 is 1.04. The third-order valence-corrected chi connectivity index (χ3v) is 6.10. The van der Waals surface area contributed by atoms with Crippen molar-refractivity contribution in [1.82, 2.24) is 4.90 Å². The Bertz CT molecular complexity index is 532. The number of rotatable bonds is 2. The Morgan fingerprint density at radius 3 is 2.45 bits per heavy atom. The fourth-order valence-electron chi connectivity index (χ4n) is 3.41. The average molecular weight is 356 g/mol. The van der Waals surface area contributed by atoms with E-state index < -0.39 is 0 Å². The molecule has 0 N–H and O–H groups in total. The first-order valence-electron chi connectivity index (χ1n) is 7.20. The van der Waals surface area contributed by atoms with E-state index in [-0.39, 0.29) is 17.2 Å². The van der Waals surface area contributed by atoms with Crippen LogP contribution in [0.3, 0.4) is 0 Å². The van der Waals surface area contributed by atoms with Gasteiger partial charge in [-0.15, -0.1) is 11.3 Å². The molecule has 2 heterocycles. The number of halogens is 1. The maximum absolute atomic E-state index is 12.8. The molecule has 2 aliphatic rings. The molecular formula is C15H18BrNO2S. The molecule has 1 aliphatic heterocycles. The lowest BCUT2D eigenvalue weighted by atomic mass is 9.79. The van der Waals surface area contributed by atoms with Crippen molar-refractivity contribution in [2.75, 3.05) is 0 Å². The summed E-state index contributed by atoms with van der Waals surface area (Å²) in [6.07, 6.45) is 6.76.